The van der Waals surface area contributed by atoms with Gasteiger partial charge in [-0.1, -0.05) is 32.1 Å². The standard InChI is InChI=1S/C28H46N6O4S2/c1-2-40(37,38)33-18-16-31(17-19-33)21-25-20-29-27(39-25)30-28(36)34(23-10-4-3-5-11-23)24-12-14-32(15-13-24)26(35)22-8-6-7-9-22/h20,22-24H,2-19,21H2,1H3,(H,29,30,36). The third-order valence-corrected chi connectivity index (χ3v) is 12.1. The molecule has 0 radical (unpaired) electrons. The van der Waals surface area contributed by atoms with E-state index in [-0.39, 0.29) is 29.8 Å². The second-order valence-electron chi connectivity index (χ2n) is 11.9. The van der Waals surface area contributed by atoms with Crippen molar-refractivity contribution in [3.05, 3.63) is 11.1 Å². The fraction of sp³-hybridized carbons (Fsp3) is 0.821. The van der Waals surface area contributed by atoms with Gasteiger partial charge in [-0.05, 0) is 45.4 Å². The highest BCUT2D eigenvalue weighted by molar-refractivity contribution is 7.89. The maximum atomic E-state index is 13.7. The van der Waals surface area contributed by atoms with E-state index in [9.17, 15) is 18.0 Å². The number of rotatable bonds is 8. The van der Waals surface area contributed by atoms with E-state index in [2.05, 4.69) is 20.1 Å². The monoisotopic (exact) mass is 594 g/mol. The Kier molecular flexibility index (Phi) is 10.0. The van der Waals surface area contributed by atoms with Crippen molar-refractivity contribution >= 4 is 38.4 Å². The van der Waals surface area contributed by atoms with Crippen LogP contribution in [0, 0.1) is 5.92 Å². The van der Waals surface area contributed by atoms with E-state index in [1.165, 1.54) is 30.6 Å². The summed E-state index contributed by atoms with van der Waals surface area (Å²) in [7, 11) is -3.14. The summed E-state index contributed by atoms with van der Waals surface area (Å²) in [6.07, 6.45) is 13.5. The molecule has 3 amide bonds. The summed E-state index contributed by atoms with van der Waals surface area (Å²) in [4.78, 5) is 38.7. The number of nitrogens with one attached hydrogen (secondary N) is 1. The SMILES string of the molecule is CCS(=O)(=O)N1CCN(Cc2cnc(NC(=O)N(C3CCCCC3)C3CCN(C(=O)C4CCCC4)CC3)s2)CC1. The van der Waals surface area contributed by atoms with Crippen LogP contribution in [-0.4, -0.2) is 101 Å². The van der Waals surface area contributed by atoms with Gasteiger partial charge in [0.05, 0.1) is 5.75 Å². The Morgan fingerprint density at radius 1 is 0.925 bits per heavy atom. The maximum Gasteiger partial charge on any atom is 0.324 e. The molecule has 2 aliphatic heterocycles. The molecular formula is C28H46N6O4S2. The molecule has 2 aliphatic carbocycles. The number of piperidine rings is 1. The van der Waals surface area contributed by atoms with Crippen LogP contribution >= 0.6 is 11.3 Å². The molecule has 2 saturated carbocycles. The second kappa shape index (κ2) is 13.5. The van der Waals surface area contributed by atoms with Crippen molar-refractivity contribution in [1.82, 2.24) is 24.0 Å². The predicted molar refractivity (Wildman–Crippen MR) is 158 cm³/mol. The lowest BCUT2D eigenvalue weighted by atomic mass is 9.91. The molecule has 1 aromatic rings. The van der Waals surface area contributed by atoms with Crippen LogP contribution in [0.15, 0.2) is 6.20 Å². The van der Waals surface area contributed by atoms with Crippen LogP contribution in [0.1, 0.15) is 82.4 Å². The van der Waals surface area contributed by atoms with Crippen molar-refractivity contribution in [2.75, 3.05) is 50.3 Å². The second-order valence-corrected chi connectivity index (χ2v) is 15.2. The minimum absolute atomic E-state index is 0.0632. The van der Waals surface area contributed by atoms with Gasteiger partial charge < -0.3 is 9.80 Å². The van der Waals surface area contributed by atoms with Gasteiger partial charge in [0.1, 0.15) is 0 Å². The average molecular weight is 595 g/mol. The van der Waals surface area contributed by atoms with Gasteiger partial charge in [0, 0.05) is 74.9 Å². The maximum absolute atomic E-state index is 13.7. The Labute approximate surface area is 243 Å². The molecule has 10 nitrogen and oxygen atoms in total. The van der Waals surface area contributed by atoms with Crippen molar-refractivity contribution in [3.63, 3.8) is 0 Å². The molecule has 0 atom stereocenters. The van der Waals surface area contributed by atoms with Gasteiger partial charge in [0.2, 0.25) is 15.9 Å². The number of urea groups is 1. The normalized spacial score (nSPS) is 23.0. The van der Waals surface area contributed by atoms with E-state index >= 15 is 0 Å². The number of hydrogen-bond acceptors (Lipinski definition) is 7. The van der Waals surface area contributed by atoms with Gasteiger partial charge in [-0.3, -0.25) is 15.0 Å². The number of sulfonamides is 1. The molecule has 40 heavy (non-hydrogen) atoms. The lowest BCUT2D eigenvalue weighted by molar-refractivity contribution is -0.136. The summed E-state index contributed by atoms with van der Waals surface area (Å²) in [5.74, 6) is 0.676. The number of likely N-dealkylation sites (tertiary alicyclic amines) is 1. The van der Waals surface area contributed by atoms with E-state index in [1.54, 1.807) is 11.2 Å². The van der Waals surface area contributed by atoms with Crippen LogP contribution in [-0.2, 0) is 21.4 Å². The van der Waals surface area contributed by atoms with Gasteiger partial charge in [-0.25, -0.2) is 18.2 Å². The summed E-state index contributed by atoms with van der Waals surface area (Å²) < 4.78 is 25.9. The average Bonchev–Trinajstić information content (AvgIpc) is 3.67. The highest BCUT2D eigenvalue weighted by Gasteiger charge is 2.36. The molecule has 2 saturated heterocycles. The third-order valence-electron chi connectivity index (χ3n) is 9.31. The third kappa shape index (κ3) is 7.17. The Hall–Kier alpha value is -1.76. The summed E-state index contributed by atoms with van der Waals surface area (Å²) in [6, 6.07) is 0.323. The fourth-order valence-corrected chi connectivity index (χ4v) is 8.88. The zero-order valence-corrected chi connectivity index (χ0v) is 25.6. The van der Waals surface area contributed by atoms with Crippen LogP contribution in [0.25, 0.3) is 0 Å². The number of carbonyl (C=O) groups excluding carboxylic acids is 2. The van der Waals surface area contributed by atoms with Gasteiger partial charge >= 0.3 is 6.03 Å². The summed E-state index contributed by atoms with van der Waals surface area (Å²) in [5, 5.41) is 3.73. The summed E-state index contributed by atoms with van der Waals surface area (Å²) >= 11 is 1.50. The van der Waals surface area contributed by atoms with Crippen LogP contribution in [0.4, 0.5) is 9.93 Å². The molecule has 0 bridgehead atoms. The van der Waals surface area contributed by atoms with Crippen LogP contribution < -0.4 is 5.32 Å². The molecule has 4 fully saturated rings. The van der Waals surface area contributed by atoms with Crippen LogP contribution in [0.2, 0.25) is 0 Å². The first-order valence-electron chi connectivity index (χ1n) is 15.4. The molecule has 1 aromatic heterocycles. The molecular weight excluding hydrogens is 548 g/mol. The first kappa shape index (κ1) is 29.7. The van der Waals surface area contributed by atoms with Crippen molar-refractivity contribution in [2.24, 2.45) is 5.92 Å². The van der Waals surface area contributed by atoms with E-state index in [0.717, 1.165) is 69.3 Å². The lowest BCUT2D eigenvalue weighted by Gasteiger charge is -2.43. The van der Waals surface area contributed by atoms with Gasteiger partial charge in [-0.15, -0.1) is 11.3 Å². The number of thiazole rings is 1. The zero-order chi connectivity index (χ0) is 28.1. The Bertz CT molecular complexity index is 1100. The lowest BCUT2D eigenvalue weighted by Crippen LogP contribution is -2.54. The van der Waals surface area contributed by atoms with Crippen molar-refractivity contribution in [1.29, 1.82) is 0 Å². The zero-order valence-electron chi connectivity index (χ0n) is 23.9. The van der Waals surface area contributed by atoms with Crippen molar-refractivity contribution in [2.45, 2.75) is 96.2 Å². The number of amides is 3. The highest BCUT2D eigenvalue weighted by Crippen LogP contribution is 2.32. The Morgan fingerprint density at radius 2 is 1.55 bits per heavy atom. The number of carbonyl (C=O) groups is 2. The molecule has 1 N–H and O–H groups in total. The van der Waals surface area contributed by atoms with Crippen molar-refractivity contribution in [3.8, 4) is 0 Å². The van der Waals surface area contributed by atoms with E-state index in [4.69, 9.17) is 0 Å². The number of anilines is 1. The Morgan fingerprint density at radius 3 is 2.20 bits per heavy atom. The van der Waals surface area contributed by atoms with Gasteiger partial charge in [0.25, 0.3) is 0 Å². The van der Waals surface area contributed by atoms with E-state index in [0.29, 0.717) is 43.8 Å². The van der Waals surface area contributed by atoms with E-state index < -0.39 is 10.0 Å². The van der Waals surface area contributed by atoms with Gasteiger partial charge in [0.15, 0.2) is 5.13 Å². The number of hydrogen-bond donors (Lipinski definition) is 1. The molecule has 0 unspecified atom stereocenters. The Balaban J connectivity index is 1.16. The summed E-state index contributed by atoms with van der Waals surface area (Å²) in [6.45, 7) is 6.28. The van der Waals surface area contributed by atoms with Crippen LogP contribution in [0.5, 0.6) is 0 Å². The minimum atomic E-state index is -3.14. The first-order valence-corrected chi connectivity index (χ1v) is 17.8. The first-order chi connectivity index (χ1) is 19.3. The molecule has 12 heteroatoms. The molecule has 224 valence electrons. The topological polar surface area (TPSA) is 106 Å². The fourth-order valence-electron chi connectivity index (χ4n) is 6.95. The van der Waals surface area contributed by atoms with Crippen molar-refractivity contribution < 1.29 is 18.0 Å². The summed E-state index contributed by atoms with van der Waals surface area (Å²) in [5.41, 5.74) is 0. The molecule has 3 heterocycles. The quantitative estimate of drug-likeness (QED) is 0.489. The van der Waals surface area contributed by atoms with Crippen LogP contribution in [0.3, 0.4) is 0 Å². The minimum Gasteiger partial charge on any atom is -0.342 e. The van der Waals surface area contributed by atoms with E-state index in [1.807, 2.05) is 11.1 Å². The molecule has 5 rings (SSSR count). The molecule has 4 aliphatic rings. The largest absolute Gasteiger partial charge is 0.342 e. The number of nitrogens with zero attached hydrogens (tertiary/aromatic N) is 5. The highest BCUT2D eigenvalue weighted by atomic mass is 32.2. The molecule has 0 aromatic carbocycles. The van der Waals surface area contributed by atoms with Gasteiger partial charge in [-0.2, -0.15) is 4.31 Å². The predicted octanol–water partition coefficient (Wildman–Crippen LogP) is 3.96. The molecule has 0 spiro atoms. The number of aromatic nitrogens is 1. The smallest absolute Gasteiger partial charge is 0.324 e. The number of piperazine rings is 1.